The third-order valence-electron chi connectivity index (χ3n) is 4.48. The van der Waals surface area contributed by atoms with Crippen LogP contribution < -0.4 is 20.3 Å². The van der Waals surface area contributed by atoms with E-state index in [0.29, 0.717) is 13.0 Å². The van der Waals surface area contributed by atoms with Crippen LogP contribution in [-0.2, 0) is 14.4 Å². The molecule has 184 valence electrons. The van der Waals surface area contributed by atoms with Crippen molar-refractivity contribution in [3.63, 3.8) is 0 Å². The first-order chi connectivity index (χ1) is 14.9. The maximum atomic E-state index is 13.7. The molecule has 1 aromatic rings. The number of rotatable bonds is 5. The molecule has 8 nitrogen and oxygen atoms in total. The number of benzene rings is 1. The van der Waals surface area contributed by atoms with Gasteiger partial charge in [0.25, 0.3) is 17.7 Å². The van der Waals surface area contributed by atoms with Crippen LogP contribution in [0.4, 0.5) is 36.4 Å². The third kappa shape index (κ3) is 6.46. The van der Waals surface area contributed by atoms with Gasteiger partial charge in [0.1, 0.15) is 36.8 Å². The van der Waals surface area contributed by atoms with Crippen LogP contribution in [0.2, 0.25) is 0 Å². The maximum absolute atomic E-state index is 13.7. The van der Waals surface area contributed by atoms with Crippen LogP contribution in [0.3, 0.4) is 0 Å². The minimum absolute atomic E-state index is 0.102. The molecular formula is C18H18F7N3O5. The number of ether oxygens (including phenoxy) is 1. The molecule has 1 aliphatic rings. The molecule has 0 spiro atoms. The van der Waals surface area contributed by atoms with Gasteiger partial charge in [0.2, 0.25) is 5.60 Å². The molecule has 0 aromatic heterocycles. The number of aliphatic hydroxyl groups is 1. The highest BCUT2D eigenvalue weighted by Crippen LogP contribution is 2.36. The second-order valence-electron chi connectivity index (χ2n) is 7.30. The molecule has 0 aliphatic carbocycles. The van der Waals surface area contributed by atoms with Crippen molar-refractivity contribution in [2.75, 3.05) is 18.0 Å². The molecule has 0 fully saturated rings. The first-order valence-electron chi connectivity index (χ1n) is 9.15. The summed E-state index contributed by atoms with van der Waals surface area (Å²) in [5.74, 6) is -6.20. The Bertz CT molecular complexity index is 933. The summed E-state index contributed by atoms with van der Waals surface area (Å²) in [6.45, 7) is -2.09. The topological polar surface area (TPSA) is 108 Å². The van der Waals surface area contributed by atoms with Crippen LogP contribution in [0.15, 0.2) is 18.2 Å². The van der Waals surface area contributed by atoms with E-state index in [1.54, 1.807) is 0 Å². The molecule has 1 aliphatic heterocycles. The molecule has 2 rings (SSSR count). The Balaban J connectivity index is 2.33. The minimum Gasteiger partial charge on any atom is -0.486 e. The number of anilines is 1. The monoisotopic (exact) mass is 489 g/mol. The van der Waals surface area contributed by atoms with E-state index in [0.717, 1.165) is 19.1 Å². The zero-order valence-corrected chi connectivity index (χ0v) is 17.0. The van der Waals surface area contributed by atoms with Crippen LogP contribution in [0, 0.1) is 5.82 Å². The summed E-state index contributed by atoms with van der Waals surface area (Å²) in [5.41, 5.74) is -3.72. The first-order valence-corrected chi connectivity index (χ1v) is 9.15. The normalized spacial score (nSPS) is 20.8. The van der Waals surface area contributed by atoms with E-state index in [2.05, 4.69) is 0 Å². The number of alkyl halides is 6. The van der Waals surface area contributed by atoms with Crippen LogP contribution in [-0.4, -0.2) is 66.0 Å². The Hall–Kier alpha value is -3.10. The molecule has 1 aromatic carbocycles. The molecule has 3 N–H and O–H groups in total. The summed E-state index contributed by atoms with van der Waals surface area (Å²) in [6.07, 6.45) is -11.2. The quantitative estimate of drug-likeness (QED) is 0.429. The van der Waals surface area contributed by atoms with Crippen molar-refractivity contribution in [2.24, 2.45) is 0 Å². The Morgan fingerprint density at radius 3 is 2.27 bits per heavy atom. The van der Waals surface area contributed by atoms with Gasteiger partial charge in [-0.15, -0.1) is 0 Å². The van der Waals surface area contributed by atoms with E-state index < -0.39 is 72.4 Å². The fraction of sp³-hybridized carbons (Fsp3) is 0.500. The lowest BCUT2D eigenvalue weighted by Crippen LogP contribution is -2.62. The smallest absolute Gasteiger partial charge is 0.406 e. The van der Waals surface area contributed by atoms with Gasteiger partial charge < -0.3 is 20.5 Å². The largest absolute Gasteiger partial charge is 0.486 e. The SMILES string of the molecule is CC1Oc2ccc(F)cc2N(CC(F)(F)F)C(=O)[C@H]1NC(=O)C(C)(O)C(=O)NCC(F)(F)F. The molecule has 0 saturated carbocycles. The molecule has 0 saturated heterocycles. The average Bonchev–Trinajstić information content (AvgIpc) is 2.75. The predicted octanol–water partition coefficient (Wildman–Crippen LogP) is 1.42. The van der Waals surface area contributed by atoms with Gasteiger partial charge >= 0.3 is 12.4 Å². The van der Waals surface area contributed by atoms with Gasteiger partial charge in [-0.2, -0.15) is 26.3 Å². The lowest BCUT2D eigenvalue weighted by atomic mass is 10.0. The van der Waals surface area contributed by atoms with Gasteiger partial charge in [0.15, 0.2) is 0 Å². The number of fused-ring (bicyclic) bond motifs is 1. The minimum atomic E-state index is -4.95. The number of halogens is 7. The Kier molecular flexibility index (Phi) is 7.16. The van der Waals surface area contributed by atoms with E-state index in [1.807, 2.05) is 5.32 Å². The standard InChI is InChI=1S/C18H18F7N3O5/c1-8-12(27-15(31)16(2,32)14(30)26-6-17(20,21)22)13(29)28(7-18(23,24)25)10-5-9(19)3-4-11(10)33-8/h3-5,8,12,32H,6-7H2,1-2H3,(H,26,30)(H,27,31)/t8?,12-,16?/m0/s1. The molecule has 33 heavy (non-hydrogen) atoms. The van der Waals surface area contributed by atoms with Crippen molar-refractivity contribution in [3.8, 4) is 5.75 Å². The Labute approximate surface area is 181 Å². The summed E-state index contributed by atoms with van der Waals surface area (Å²) in [6, 6.07) is 0.493. The van der Waals surface area contributed by atoms with Crippen molar-refractivity contribution in [3.05, 3.63) is 24.0 Å². The Morgan fingerprint density at radius 1 is 1.12 bits per heavy atom. The van der Waals surface area contributed by atoms with Crippen molar-refractivity contribution >= 4 is 23.4 Å². The first kappa shape index (κ1) is 26.2. The van der Waals surface area contributed by atoms with E-state index in [-0.39, 0.29) is 10.6 Å². The number of nitrogens with one attached hydrogen (secondary N) is 2. The lowest BCUT2D eigenvalue weighted by molar-refractivity contribution is -0.159. The fourth-order valence-corrected chi connectivity index (χ4v) is 2.82. The van der Waals surface area contributed by atoms with Gasteiger partial charge in [-0.05, 0) is 26.0 Å². The van der Waals surface area contributed by atoms with E-state index in [4.69, 9.17) is 4.74 Å². The third-order valence-corrected chi connectivity index (χ3v) is 4.48. The summed E-state index contributed by atoms with van der Waals surface area (Å²) >= 11 is 0. The number of nitrogens with zero attached hydrogens (tertiary/aromatic N) is 1. The Morgan fingerprint density at radius 2 is 1.73 bits per heavy atom. The number of carbonyl (C=O) groups excluding carboxylic acids is 3. The van der Waals surface area contributed by atoms with Gasteiger partial charge in [-0.25, -0.2) is 4.39 Å². The van der Waals surface area contributed by atoms with Gasteiger partial charge in [0, 0.05) is 6.07 Å². The van der Waals surface area contributed by atoms with Gasteiger partial charge in [-0.3, -0.25) is 19.3 Å². The fourth-order valence-electron chi connectivity index (χ4n) is 2.82. The number of carbonyl (C=O) groups is 3. The number of hydrogen-bond acceptors (Lipinski definition) is 5. The molecule has 3 amide bonds. The van der Waals surface area contributed by atoms with Crippen molar-refractivity contribution < 1.29 is 55.0 Å². The average molecular weight is 489 g/mol. The molecule has 1 heterocycles. The molecule has 0 bridgehead atoms. The summed E-state index contributed by atoms with van der Waals surface area (Å²) in [5, 5.41) is 13.2. The van der Waals surface area contributed by atoms with E-state index in [9.17, 15) is 50.2 Å². The van der Waals surface area contributed by atoms with Crippen LogP contribution >= 0.6 is 0 Å². The summed E-state index contributed by atoms with van der Waals surface area (Å²) < 4.78 is 95.2. The molecule has 2 unspecified atom stereocenters. The van der Waals surface area contributed by atoms with E-state index >= 15 is 0 Å². The second kappa shape index (κ2) is 9.03. The summed E-state index contributed by atoms with van der Waals surface area (Å²) in [4.78, 5) is 37.2. The highest BCUT2D eigenvalue weighted by molar-refractivity contribution is 6.10. The van der Waals surface area contributed by atoms with Gasteiger partial charge in [0.05, 0.1) is 5.69 Å². The summed E-state index contributed by atoms with van der Waals surface area (Å²) in [7, 11) is 0. The van der Waals surface area contributed by atoms with Crippen LogP contribution in [0.1, 0.15) is 13.8 Å². The second-order valence-corrected chi connectivity index (χ2v) is 7.30. The lowest BCUT2D eigenvalue weighted by Gasteiger charge is -2.29. The van der Waals surface area contributed by atoms with Crippen LogP contribution in [0.25, 0.3) is 0 Å². The zero-order chi connectivity index (χ0) is 25.4. The molecule has 15 heteroatoms. The van der Waals surface area contributed by atoms with E-state index in [1.165, 1.54) is 5.32 Å². The number of hydrogen-bond donors (Lipinski definition) is 3. The van der Waals surface area contributed by atoms with Crippen molar-refractivity contribution in [1.82, 2.24) is 10.6 Å². The highest BCUT2D eigenvalue weighted by Gasteiger charge is 2.46. The number of amides is 3. The molecule has 3 atom stereocenters. The molecular weight excluding hydrogens is 471 g/mol. The van der Waals surface area contributed by atoms with Gasteiger partial charge in [-0.1, -0.05) is 0 Å². The van der Waals surface area contributed by atoms with Crippen molar-refractivity contribution in [2.45, 2.75) is 43.9 Å². The van der Waals surface area contributed by atoms with Crippen molar-refractivity contribution in [1.29, 1.82) is 0 Å². The molecule has 0 radical (unpaired) electrons. The zero-order valence-electron chi connectivity index (χ0n) is 17.0. The van der Waals surface area contributed by atoms with Crippen LogP contribution in [0.5, 0.6) is 5.75 Å². The highest BCUT2D eigenvalue weighted by atomic mass is 19.4. The maximum Gasteiger partial charge on any atom is 0.406 e. The predicted molar refractivity (Wildman–Crippen MR) is 96.5 cm³/mol.